The van der Waals surface area contributed by atoms with Gasteiger partial charge >= 0.3 is 0 Å². The lowest BCUT2D eigenvalue weighted by Gasteiger charge is -2.38. The fourth-order valence-corrected chi connectivity index (χ4v) is 8.03. The smallest absolute Gasteiger partial charge is 0.173 e. The molecule has 5 aromatic rings. The van der Waals surface area contributed by atoms with Crippen LogP contribution in [0, 0.1) is 17.6 Å². The van der Waals surface area contributed by atoms with Crippen LogP contribution in [0.25, 0.3) is 0 Å². The van der Waals surface area contributed by atoms with Crippen molar-refractivity contribution in [3.8, 4) is 0 Å². The van der Waals surface area contributed by atoms with Crippen molar-refractivity contribution in [1.82, 2.24) is 50.2 Å². The van der Waals surface area contributed by atoms with E-state index >= 15 is 0 Å². The minimum absolute atomic E-state index is 0.165. The van der Waals surface area contributed by atoms with Gasteiger partial charge in [0.25, 0.3) is 0 Å². The highest BCUT2D eigenvalue weighted by Gasteiger charge is 2.34. The molecule has 1 fully saturated rings. The molecule has 3 aliphatic rings. The zero-order valence-electron chi connectivity index (χ0n) is 26.3. The highest BCUT2D eigenvalue weighted by Crippen LogP contribution is 2.35. The van der Waals surface area contributed by atoms with Crippen LogP contribution in [0.1, 0.15) is 72.5 Å². The Morgan fingerprint density at radius 3 is 1.83 bits per heavy atom. The van der Waals surface area contributed by atoms with Gasteiger partial charge in [-0.3, -0.25) is 9.80 Å². The number of rotatable bonds is 6. The molecule has 48 heavy (non-hydrogen) atoms. The lowest BCUT2D eigenvalue weighted by molar-refractivity contribution is 0.132. The first-order valence-electron chi connectivity index (χ1n) is 16.4. The molecule has 2 atom stereocenters. The molecule has 8 rings (SSSR count). The molecular weight excluding hydrogens is 746 g/mol. The topological polar surface area (TPSA) is 93.7 Å². The third kappa shape index (κ3) is 7.26. The van der Waals surface area contributed by atoms with Crippen LogP contribution in [0.4, 0.5) is 8.78 Å². The molecule has 0 amide bonds. The van der Waals surface area contributed by atoms with Gasteiger partial charge in [0.05, 0.1) is 25.2 Å². The van der Waals surface area contributed by atoms with Gasteiger partial charge in [-0.25, -0.2) is 18.1 Å². The monoisotopic (exact) mass is 780 g/mol. The van der Waals surface area contributed by atoms with Gasteiger partial charge in [-0.1, -0.05) is 87.5 Å². The van der Waals surface area contributed by atoms with Crippen LogP contribution >= 0.6 is 31.9 Å². The Morgan fingerprint density at radius 2 is 1.23 bits per heavy atom. The van der Waals surface area contributed by atoms with Crippen molar-refractivity contribution in [3.05, 3.63) is 116 Å². The molecule has 0 saturated heterocycles. The molecule has 10 nitrogen and oxygen atoms in total. The normalized spacial score (nSPS) is 20.1. The average Bonchev–Trinajstić information content (AvgIpc) is 3.78. The van der Waals surface area contributed by atoms with Gasteiger partial charge in [-0.05, 0) is 81.1 Å². The largest absolute Gasteiger partial charge is 0.288 e. The summed E-state index contributed by atoms with van der Waals surface area (Å²) in [5.41, 5.74) is 2.58. The van der Waals surface area contributed by atoms with E-state index in [1.54, 1.807) is 10.7 Å². The molecule has 4 heterocycles. The Balaban J connectivity index is 0.000000152. The second kappa shape index (κ2) is 15.0. The number of tetrazole rings is 2. The predicted molar refractivity (Wildman–Crippen MR) is 183 cm³/mol. The van der Waals surface area contributed by atoms with E-state index in [-0.39, 0.29) is 18.6 Å². The van der Waals surface area contributed by atoms with E-state index in [1.807, 2.05) is 28.9 Å². The summed E-state index contributed by atoms with van der Waals surface area (Å²) < 4.78 is 33.5. The van der Waals surface area contributed by atoms with Crippen LogP contribution in [0.2, 0.25) is 0 Å². The Kier molecular flexibility index (Phi) is 10.3. The Morgan fingerprint density at radius 1 is 0.667 bits per heavy atom. The van der Waals surface area contributed by atoms with E-state index in [4.69, 9.17) is 0 Å². The molecule has 250 valence electrons. The molecule has 1 aliphatic carbocycles. The number of nitrogens with zero attached hydrogens (tertiary/aromatic N) is 10. The summed E-state index contributed by atoms with van der Waals surface area (Å²) in [4.78, 5) is 4.65. The van der Waals surface area contributed by atoms with E-state index in [1.165, 1.54) is 43.7 Å². The van der Waals surface area contributed by atoms with E-state index in [9.17, 15) is 8.78 Å². The Labute approximate surface area is 294 Å². The van der Waals surface area contributed by atoms with Crippen LogP contribution in [0.3, 0.4) is 0 Å². The molecule has 2 aliphatic heterocycles. The van der Waals surface area contributed by atoms with E-state index in [2.05, 4.69) is 97.0 Å². The average molecular weight is 783 g/mol. The molecule has 14 heteroatoms. The summed E-state index contributed by atoms with van der Waals surface area (Å²) >= 11 is 7.08. The van der Waals surface area contributed by atoms with Crippen molar-refractivity contribution in [3.63, 3.8) is 0 Å². The van der Waals surface area contributed by atoms with Gasteiger partial charge in [0.1, 0.15) is 0 Å². The summed E-state index contributed by atoms with van der Waals surface area (Å²) in [6.07, 6.45) is 6.92. The molecule has 2 unspecified atom stereocenters. The Hall–Kier alpha value is -3.46. The fourth-order valence-electron chi connectivity index (χ4n) is 7.20. The van der Waals surface area contributed by atoms with Crippen LogP contribution in [-0.2, 0) is 19.6 Å². The minimum atomic E-state index is -0.835. The van der Waals surface area contributed by atoms with E-state index in [0.29, 0.717) is 24.5 Å². The lowest BCUT2D eigenvalue weighted by Crippen LogP contribution is -2.42. The maximum Gasteiger partial charge on any atom is 0.173 e. The molecule has 0 radical (unpaired) electrons. The first kappa shape index (κ1) is 33.1. The zero-order valence-corrected chi connectivity index (χ0v) is 29.5. The number of hydrogen-bond acceptors (Lipinski definition) is 8. The third-order valence-corrected chi connectivity index (χ3v) is 10.5. The summed E-state index contributed by atoms with van der Waals surface area (Å²) in [6, 6.07) is 20.6. The van der Waals surface area contributed by atoms with Gasteiger partial charge in [0.2, 0.25) is 0 Å². The highest BCUT2D eigenvalue weighted by atomic mass is 79.9. The zero-order chi connectivity index (χ0) is 33.0. The minimum Gasteiger partial charge on any atom is -0.288 e. The molecule has 0 N–H and O–H groups in total. The van der Waals surface area contributed by atoms with Crippen molar-refractivity contribution >= 4 is 31.9 Å². The molecule has 1 saturated carbocycles. The maximum absolute atomic E-state index is 14.1. The van der Waals surface area contributed by atoms with Crippen molar-refractivity contribution in [2.24, 2.45) is 5.92 Å². The molecule has 2 aromatic heterocycles. The summed E-state index contributed by atoms with van der Waals surface area (Å²) in [5.74, 6) is 0.853. The van der Waals surface area contributed by atoms with Gasteiger partial charge in [0, 0.05) is 40.7 Å². The standard InChI is InChI=1S/C17H14BrF2N5.C17H22BrN5/c18-13-5-1-3-11(9-13)16-17-21-22-23-25(17)8-7-24(16)10-12-4-2-6-14(19)15(12)20;18-15-8-4-7-14(11-15)16-17-19-20-21-23(17)10-9-22(16)12-13-5-2-1-3-6-13/h1-6,9,16H,7-8,10H2;4,7-8,11,13,16H,1-3,5-6,9-10,12H2. The number of fused-ring (bicyclic) bond motifs is 2. The van der Waals surface area contributed by atoms with Gasteiger partial charge in [-0.15, -0.1) is 10.2 Å². The maximum atomic E-state index is 14.1. The van der Waals surface area contributed by atoms with Gasteiger partial charge < -0.3 is 0 Å². The number of benzene rings is 3. The van der Waals surface area contributed by atoms with Gasteiger partial charge in [0.15, 0.2) is 23.3 Å². The van der Waals surface area contributed by atoms with Gasteiger partial charge in [-0.2, -0.15) is 0 Å². The van der Waals surface area contributed by atoms with Crippen molar-refractivity contribution in [2.45, 2.75) is 63.8 Å². The second-order valence-corrected chi connectivity index (χ2v) is 14.4. The molecule has 0 spiro atoms. The predicted octanol–water partition coefficient (Wildman–Crippen LogP) is 6.74. The van der Waals surface area contributed by atoms with E-state index in [0.717, 1.165) is 52.0 Å². The lowest BCUT2D eigenvalue weighted by atomic mass is 9.88. The quantitative estimate of drug-likeness (QED) is 0.187. The van der Waals surface area contributed by atoms with Crippen molar-refractivity contribution in [2.75, 3.05) is 19.6 Å². The molecular formula is C34H36Br2F2N10. The van der Waals surface area contributed by atoms with Crippen molar-refractivity contribution < 1.29 is 8.78 Å². The summed E-state index contributed by atoms with van der Waals surface area (Å²) in [5, 5.41) is 24.3. The first-order valence-corrected chi connectivity index (χ1v) is 18.0. The summed E-state index contributed by atoms with van der Waals surface area (Å²) in [6.45, 7) is 4.57. The summed E-state index contributed by atoms with van der Waals surface area (Å²) in [7, 11) is 0. The van der Waals surface area contributed by atoms with Crippen LogP contribution in [-0.4, -0.2) is 69.8 Å². The third-order valence-electron chi connectivity index (χ3n) is 9.49. The molecule has 0 bridgehead atoms. The second-order valence-electron chi connectivity index (χ2n) is 12.6. The fraction of sp³-hybridized carbons (Fsp3) is 0.412. The molecule has 3 aromatic carbocycles. The van der Waals surface area contributed by atoms with Crippen LogP contribution in [0.15, 0.2) is 75.7 Å². The number of hydrogen-bond donors (Lipinski definition) is 0. The van der Waals surface area contributed by atoms with Crippen LogP contribution in [0.5, 0.6) is 0 Å². The number of aromatic nitrogens is 8. The highest BCUT2D eigenvalue weighted by molar-refractivity contribution is 9.10. The Bertz CT molecular complexity index is 1840. The van der Waals surface area contributed by atoms with E-state index < -0.39 is 11.6 Å². The SMILES string of the molecule is Brc1cccc(C2c3nnnn3CCN2CC2CCCCC2)c1.Fc1cccc(CN2CCn3nnnc3C2c2cccc(Br)c2)c1F. The first-order chi connectivity index (χ1) is 23.4. The van der Waals surface area contributed by atoms with Crippen LogP contribution < -0.4 is 0 Å². The number of halogens is 4. The van der Waals surface area contributed by atoms with Crippen molar-refractivity contribution in [1.29, 1.82) is 0 Å².